The number of halogens is 3. The van der Waals surface area contributed by atoms with E-state index in [-0.39, 0.29) is 19.6 Å². The molecule has 100 valence electrons. The zero-order valence-electron chi connectivity index (χ0n) is 9.84. The molecule has 0 aromatic carbocycles. The van der Waals surface area contributed by atoms with Crippen LogP contribution >= 0.6 is 0 Å². The maximum Gasteiger partial charge on any atom is 0.389 e. The second kappa shape index (κ2) is 7.13. The van der Waals surface area contributed by atoms with E-state index < -0.39 is 30.9 Å². The van der Waals surface area contributed by atoms with Gasteiger partial charge in [-0.3, -0.25) is 9.59 Å². The van der Waals surface area contributed by atoms with E-state index in [9.17, 15) is 22.8 Å². The van der Waals surface area contributed by atoms with Crippen molar-refractivity contribution < 1.29 is 27.5 Å². The highest BCUT2D eigenvalue weighted by molar-refractivity contribution is 5.77. The molecule has 0 N–H and O–H groups in total. The summed E-state index contributed by atoms with van der Waals surface area (Å²) in [6.07, 6.45) is -6.09. The van der Waals surface area contributed by atoms with Gasteiger partial charge in [0.2, 0.25) is 5.91 Å². The van der Waals surface area contributed by atoms with E-state index >= 15 is 0 Å². The number of carbonyl (C=O) groups is 2. The lowest BCUT2D eigenvalue weighted by atomic mass is 10.2. The molecule has 0 saturated carbocycles. The average Bonchev–Trinajstić information content (AvgIpc) is 2.22. The van der Waals surface area contributed by atoms with Crippen molar-refractivity contribution in [2.45, 2.75) is 32.4 Å². The second-order valence-electron chi connectivity index (χ2n) is 3.49. The van der Waals surface area contributed by atoms with E-state index in [1.807, 2.05) is 0 Å². The number of hydrogen-bond acceptors (Lipinski definition) is 3. The van der Waals surface area contributed by atoms with E-state index in [1.165, 1.54) is 7.05 Å². The molecule has 0 aliphatic rings. The molecule has 0 fully saturated rings. The Balaban J connectivity index is 3.86. The van der Waals surface area contributed by atoms with Crippen LogP contribution in [0.3, 0.4) is 0 Å². The lowest BCUT2D eigenvalue weighted by Crippen LogP contribution is -2.30. The summed E-state index contributed by atoms with van der Waals surface area (Å²) in [6.45, 7) is 1.95. The van der Waals surface area contributed by atoms with Gasteiger partial charge in [0.25, 0.3) is 0 Å². The Morgan fingerprint density at radius 1 is 1.24 bits per heavy atom. The molecule has 0 rings (SSSR count). The predicted molar refractivity (Wildman–Crippen MR) is 54.2 cm³/mol. The minimum Gasteiger partial charge on any atom is -0.466 e. The first-order valence-corrected chi connectivity index (χ1v) is 5.22. The van der Waals surface area contributed by atoms with E-state index in [0.717, 1.165) is 4.90 Å². The predicted octanol–water partition coefficient (Wildman–Crippen LogP) is 1.74. The van der Waals surface area contributed by atoms with Gasteiger partial charge in [0, 0.05) is 20.0 Å². The van der Waals surface area contributed by atoms with Crippen molar-refractivity contribution >= 4 is 11.9 Å². The number of rotatable bonds is 6. The molecule has 0 spiro atoms. The normalized spacial score (nSPS) is 11.1. The summed E-state index contributed by atoms with van der Waals surface area (Å²) in [5, 5.41) is 0. The van der Waals surface area contributed by atoms with Crippen molar-refractivity contribution in [1.29, 1.82) is 0 Å². The van der Waals surface area contributed by atoms with E-state index in [2.05, 4.69) is 4.74 Å². The number of esters is 1. The second-order valence-corrected chi connectivity index (χ2v) is 3.49. The summed E-state index contributed by atoms with van der Waals surface area (Å²) in [5.41, 5.74) is 0. The summed E-state index contributed by atoms with van der Waals surface area (Å²) >= 11 is 0. The number of hydrogen-bond donors (Lipinski definition) is 0. The Bertz CT molecular complexity index is 266. The molecule has 7 heteroatoms. The number of ether oxygens (including phenoxy) is 1. The molecule has 0 atom stereocenters. The van der Waals surface area contributed by atoms with Crippen LogP contribution in [0.5, 0.6) is 0 Å². The monoisotopic (exact) mass is 255 g/mol. The molecule has 0 radical (unpaired) electrons. The Hall–Kier alpha value is -1.27. The van der Waals surface area contributed by atoms with Crippen molar-refractivity contribution in [3.8, 4) is 0 Å². The van der Waals surface area contributed by atoms with Crippen LogP contribution in [0.2, 0.25) is 0 Å². The van der Waals surface area contributed by atoms with Gasteiger partial charge in [0.1, 0.15) is 0 Å². The third-order valence-electron chi connectivity index (χ3n) is 2.00. The number of alkyl halides is 3. The molecule has 0 aliphatic heterocycles. The molecule has 0 saturated heterocycles. The lowest BCUT2D eigenvalue weighted by Gasteiger charge is -2.17. The van der Waals surface area contributed by atoms with E-state index in [4.69, 9.17) is 0 Å². The standard InChI is InChI=1S/C10H16F3NO3/c1-3-17-9(16)5-7-14(2)8(15)4-6-10(11,12)13/h3-7H2,1-2H3. The Morgan fingerprint density at radius 2 is 1.82 bits per heavy atom. The number of amides is 1. The molecule has 4 nitrogen and oxygen atoms in total. The van der Waals surface area contributed by atoms with Crippen LogP contribution in [0.1, 0.15) is 26.2 Å². The molecule has 0 bridgehead atoms. The highest BCUT2D eigenvalue weighted by atomic mass is 19.4. The van der Waals surface area contributed by atoms with Crippen LogP contribution in [0, 0.1) is 0 Å². The van der Waals surface area contributed by atoms with Gasteiger partial charge in [-0.05, 0) is 6.92 Å². The fourth-order valence-corrected chi connectivity index (χ4v) is 1.06. The van der Waals surface area contributed by atoms with Gasteiger partial charge in [-0.1, -0.05) is 0 Å². The minimum absolute atomic E-state index is 0.0118. The molecule has 1 amide bonds. The van der Waals surface area contributed by atoms with Crippen LogP contribution in [0.4, 0.5) is 13.2 Å². The third kappa shape index (κ3) is 8.53. The molecule has 0 unspecified atom stereocenters. The highest BCUT2D eigenvalue weighted by Gasteiger charge is 2.28. The molecule has 0 heterocycles. The van der Waals surface area contributed by atoms with Gasteiger partial charge in [-0.2, -0.15) is 13.2 Å². The van der Waals surface area contributed by atoms with Crippen molar-refractivity contribution in [1.82, 2.24) is 4.90 Å². The number of carbonyl (C=O) groups excluding carboxylic acids is 2. The quantitative estimate of drug-likeness (QED) is 0.679. The van der Waals surface area contributed by atoms with Crippen LogP contribution in [0.25, 0.3) is 0 Å². The molecule has 0 aliphatic carbocycles. The summed E-state index contributed by atoms with van der Waals surface area (Å²) in [5.74, 6) is -1.10. The summed E-state index contributed by atoms with van der Waals surface area (Å²) in [6, 6.07) is 0. The van der Waals surface area contributed by atoms with Gasteiger partial charge in [0.05, 0.1) is 19.4 Å². The van der Waals surface area contributed by atoms with Crippen molar-refractivity contribution in [2.24, 2.45) is 0 Å². The van der Waals surface area contributed by atoms with Gasteiger partial charge < -0.3 is 9.64 Å². The smallest absolute Gasteiger partial charge is 0.389 e. The summed E-state index contributed by atoms with van der Waals surface area (Å²) < 4.78 is 40.2. The Morgan fingerprint density at radius 3 is 2.29 bits per heavy atom. The maximum atomic E-state index is 11.8. The fraction of sp³-hybridized carbons (Fsp3) is 0.800. The van der Waals surface area contributed by atoms with Gasteiger partial charge in [-0.15, -0.1) is 0 Å². The molecular formula is C10H16F3NO3. The van der Waals surface area contributed by atoms with Crippen LogP contribution in [0.15, 0.2) is 0 Å². The topological polar surface area (TPSA) is 46.6 Å². The van der Waals surface area contributed by atoms with Gasteiger partial charge in [0.15, 0.2) is 0 Å². The van der Waals surface area contributed by atoms with Crippen molar-refractivity contribution in [3.63, 3.8) is 0 Å². The van der Waals surface area contributed by atoms with Crippen LogP contribution in [-0.4, -0.2) is 43.2 Å². The molecular weight excluding hydrogens is 239 g/mol. The van der Waals surface area contributed by atoms with Gasteiger partial charge in [-0.25, -0.2) is 0 Å². The molecule has 0 aromatic rings. The van der Waals surface area contributed by atoms with Gasteiger partial charge >= 0.3 is 12.1 Å². The van der Waals surface area contributed by atoms with E-state index in [0.29, 0.717) is 0 Å². The largest absolute Gasteiger partial charge is 0.466 e. The van der Waals surface area contributed by atoms with Crippen molar-refractivity contribution in [2.75, 3.05) is 20.2 Å². The Kier molecular flexibility index (Phi) is 6.60. The summed E-state index contributed by atoms with van der Waals surface area (Å²) in [7, 11) is 1.36. The first kappa shape index (κ1) is 15.7. The first-order valence-electron chi connectivity index (χ1n) is 5.22. The zero-order valence-corrected chi connectivity index (χ0v) is 9.84. The van der Waals surface area contributed by atoms with E-state index in [1.54, 1.807) is 6.92 Å². The fourth-order valence-electron chi connectivity index (χ4n) is 1.06. The number of nitrogens with zero attached hydrogens (tertiary/aromatic N) is 1. The lowest BCUT2D eigenvalue weighted by molar-refractivity contribution is -0.149. The van der Waals surface area contributed by atoms with Crippen LogP contribution < -0.4 is 0 Å². The molecule has 17 heavy (non-hydrogen) atoms. The third-order valence-corrected chi connectivity index (χ3v) is 2.00. The SMILES string of the molecule is CCOC(=O)CCN(C)C(=O)CCC(F)(F)F. The zero-order chi connectivity index (χ0) is 13.5. The highest BCUT2D eigenvalue weighted by Crippen LogP contribution is 2.21. The maximum absolute atomic E-state index is 11.8. The average molecular weight is 255 g/mol. The van der Waals surface area contributed by atoms with Crippen LogP contribution in [-0.2, 0) is 14.3 Å². The summed E-state index contributed by atoms with van der Waals surface area (Å²) in [4.78, 5) is 23.3. The van der Waals surface area contributed by atoms with Crippen molar-refractivity contribution in [3.05, 3.63) is 0 Å². The first-order chi connectivity index (χ1) is 7.76. The Labute approximate surface area is 97.7 Å². The minimum atomic E-state index is -4.34. The molecule has 0 aromatic heterocycles.